The minimum atomic E-state index is -0.743. The molecule has 2 heterocycles. The molecule has 106 valence electrons. The number of piperidine rings is 1. The molecule has 1 fully saturated rings. The van der Waals surface area contributed by atoms with E-state index >= 15 is 0 Å². The number of methoxy groups -OCH3 is 1. The number of fused-ring (bicyclic) bond motifs is 1. The molecular formula is C14H18N4O2. The van der Waals surface area contributed by atoms with Crippen molar-refractivity contribution in [1.29, 1.82) is 0 Å². The predicted octanol–water partition coefficient (Wildman–Crippen LogP) is 1.27. The Kier molecular flexibility index (Phi) is 3.42. The fourth-order valence-corrected chi connectivity index (χ4v) is 2.66. The Hall–Kier alpha value is -1.92. The number of hydrogen-bond acceptors (Lipinski definition) is 4. The largest absolute Gasteiger partial charge is 0.368 e. The van der Waals surface area contributed by atoms with Crippen molar-refractivity contribution < 1.29 is 9.53 Å². The number of amides is 1. The molecular weight excluding hydrogens is 256 g/mol. The summed E-state index contributed by atoms with van der Waals surface area (Å²) < 4.78 is 5.53. The average Bonchev–Trinajstić information content (AvgIpc) is 2.97. The van der Waals surface area contributed by atoms with Gasteiger partial charge in [-0.25, -0.2) is 0 Å². The van der Waals surface area contributed by atoms with Crippen LogP contribution in [0.15, 0.2) is 24.4 Å². The highest BCUT2D eigenvalue weighted by Crippen LogP contribution is 2.26. The van der Waals surface area contributed by atoms with Gasteiger partial charge in [0, 0.05) is 12.5 Å². The van der Waals surface area contributed by atoms with E-state index in [0.717, 1.165) is 29.7 Å². The summed E-state index contributed by atoms with van der Waals surface area (Å²) in [7, 11) is 1.60. The molecule has 0 aliphatic carbocycles. The number of nitrogens with one attached hydrogen (secondary N) is 3. The number of anilines is 1. The van der Waals surface area contributed by atoms with E-state index in [4.69, 9.17) is 4.74 Å². The van der Waals surface area contributed by atoms with Crippen molar-refractivity contribution in [1.82, 2.24) is 15.5 Å². The molecule has 3 N–H and O–H groups in total. The summed E-state index contributed by atoms with van der Waals surface area (Å²) in [6, 6.07) is 5.71. The van der Waals surface area contributed by atoms with Gasteiger partial charge in [0.2, 0.25) is 0 Å². The third-order valence-corrected chi connectivity index (χ3v) is 3.94. The van der Waals surface area contributed by atoms with Crippen molar-refractivity contribution in [2.24, 2.45) is 0 Å². The fourth-order valence-electron chi connectivity index (χ4n) is 2.66. The zero-order valence-corrected chi connectivity index (χ0v) is 11.4. The van der Waals surface area contributed by atoms with Gasteiger partial charge in [-0.3, -0.25) is 9.89 Å². The number of aromatic nitrogens is 2. The van der Waals surface area contributed by atoms with Gasteiger partial charge in [0.1, 0.15) is 5.60 Å². The molecule has 0 spiro atoms. The molecule has 2 aromatic rings. The molecule has 0 radical (unpaired) electrons. The number of ether oxygens (including phenoxy) is 1. The fraction of sp³-hybridized carbons (Fsp3) is 0.429. The molecule has 6 heteroatoms. The van der Waals surface area contributed by atoms with Crippen LogP contribution in [-0.2, 0) is 9.53 Å². The van der Waals surface area contributed by atoms with Crippen molar-refractivity contribution >= 4 is 22.5 Å². The maximum absolute atomic E-state index is 12.6. The maximum Gasteiger partial charge on any atom is 0.256 e. The summed E-state index contributed by atoms with van der Waals surface area (Å²) in [5.74, 6) is -0.0939. The molecule has 1 saturated heterocycles. The van der Waals surface area contributed by atoms with Crippen LogP contribution in [0.4, 0.5) is 5.69 Å². The Morgan fingerprint density at radius 3 is 2.95 bits per heavy atom. The Bertz CT molecular complexity index is 616. The Morgan fingerprint density at radius 1 is 1.40 bits per heavy atom. The molecule has 6 nitrogen and oxygen atoms in total. The number of benzene rings is 1. The molecule has 0 atom stereocenters. The SMILES string of the molecule is COC1(C(=O)Nc2cccc3cn[nH]c23)CCNCC1. The highest BCUT2D eigenvalue weighted by molar-refractivity contribution is 6.03. The minimum Gasteiger partial charge on any atom is -0.368 e. The molecule has 1 aliphatic rings. The van der Waals surface area contributed by atoms with E-state index in [9.17, 15) is 4.79 Å². The van der Waals surface area contributed by atoms with E-state index < -0.39 is 5.60 Å². The maximum atomic E-state index is 12.6. The number of rotatable bonds is 3. The first-order chi connectivity index (χ1) is 9.75. The van der Waals surface area contributed by atoms with Gasteiger partial charge in [-0.15, -0.1) is 0 Å². The molecule has 1 amide bonds. The molecule has 20 heavy (non-hydrogen) atoms. The summed E-state index contributed by atoms with van der Waals surface area (Å²) in [5, 5.41) is 14.1. The van der Waals surface area contributed by atoms with E-state index in [1.165, 1.54) is 0 Å². The van der Waals surface area contributed by atoms with Crippen LogP contribution in [0.1, 0.15) is 12.8 Å². The third kappa shape index (κ3) is 2.17. The average molecular weight is 274 g/mol. The third-order valence-electron chi connectivity index (χ3n) is 3.94. The van der Waals surface area contributed by atoms with Crippen molar-refractivity contribution in [2.75, 3.05) is 25.5 Å². The second-order valence-electron chi connectivity index (χ2n) is 5.04. The Balaban J connectivity index is 1.86. The summed E-state index contributed by atoms with van der Waals surface area (Å²) >= 11 is 0. The predicted molar refractivity (Wildman–Crippen MR) is 76.6 cm³/mol. The van der Waals surface area contributed by atoms with Gasteiger partial charge >= 0.3 is 0 Å². The quantitative estimate of drug-likeness (QED) is 0.787. The van der Waals surface area contributed by atoms with Crippen LogP contribution in [0.3, 0.4) is 0 Å². The van der Waals surface area contributed by atoms with Crippen LogP contribution in [0.2, 0.25) is 0 Å². The van der Waals surface area contributed by atoms with Gasteiger partial charge in [-0.05, 0) is 32.0 Å². The van der Waals surface area contributed by atoms with E-state index in [-0.39, 0.29) is 5.91 Å². The van der Waals surface area contributed by atoms with Crippen molar-refractivity contribution in [3.8, 4) is 0 Å². The lowest BCUT2D eigenvalue weighted by molar-refractivity contribution is -0.140. The lowest BCUT2D eigenvalue weighted by Crippen LogP contribution is -2.51. The normalized spacial score (nSPS) is 18.1. The van der Waals surface area contributed by atoms with Crippen molar-refractivity contribution in [2.45, 2.75) is 18.4 Å². The van der Waals surface area contributed by atoms with E-state index in [1.54, 1.807) is 13.3 Å². The number of aromatic amines is 1. The minimum absolute atomic E-state index is 0.0939. The lowest BCUT2D eigenvalue weighted by atomic mass is 9.91. The number of nitrogens with zero attached hydrogens (tertiary/aromatic N) is 1. The van der Waals surface area contributed by atoms with E-state index in [2.05, 4.69) is 20.8 Å². The van der Waals surface area contributed by atoms with Crippen molar-refractivity contribution in [3.05, 3.63) is 24.4 Å². The number of carbonyl (C=O) groups excluding carboxylic acids is 1. The summed E-state index contributed by atoms with van der Waals surface area (Å²) in [4.78, 5) is 12.6. The second-order valence-corrected chi connectivity index (χ2v) is 5.04. The Morgan fingerprint density at radius 2 is 2.20 bits per heavy atom. The van der Waals surface area contributed by atoms with Gasteiger partial charge in [-0.2, -0.15) is 5.10 Å². The van der Waals surface area contributed by atoms with Crippen LogP contribution in [0.25, 0.3) is 10.9 Å². The summed E-state index contributed by atoms with van der Waals surface area (Å²) in [6.07, 6.45) is 3.09. The van der Waals surface area contributed by atoms with Crippen LogP contribution < -0.4 is 10.6 Å². The number of carbonyl (C=O) groups is 1. The summed E-state index contributed by atoms with van der Waals surface area (Å²) in [6.45, 7) is 1.57. The zero-order valence-electron chi connectivity index (χ0n) is 11.4. The van der Waals surface area contributed by atoms with Crippen LogP contribution in [-0.4, -0.2) is 41.9 Å². The first-order valence-corrected chi connectivity index (χ1v) is 6.75. The van der Waals surface area contributed by atoms with E-state index in [1.807, 2.05) is 18.2 Å². The number of hydrogen-bond donors (Lipinski definition) is 3. The molecule has 1 aliphatic heterocycles. The van der Waals surface area contributed by atoms with Crippen molar-refractivity contribution in [3.63, 3.8) is 0 Å². The highest BCUT2D eigenvalue weighted by Gasteiger charge is 2.39. The molecule has 0 saturated carbocycles. The second kappa shape index (κ2) is 5.22. The van der Waals surface area contributed by atoms with Gasteiger partial charge in [0.25, 0.3) is 5.91 Å². The monoisotopic (exact) mass is 274 g/mol. The molecule has 0 bridgehead atoms. The van der Waals surface area contributed by atoms with Crippen LogP contribution in [0.5, 0.6) is 0 Å². The van der Waals surface area contributed by atoms with Gasteiger partial charge < -0.3 is 15.4 Å². The lowest BCUT2D eigenvalue weighted by Gasteiger charge is -2.34. The van der Waals surface area contributed by atoms with Crippen LogP contribution in [0, 0.1) is 0 Å². The van der Waals surface area contributed by atoms with Crippen LogP contribution >= 0.6 is 0 Å². The topological polar surface area (TPSA) is 79.0 Å². The van der Waals surface area contributed by atoms with Gasteiger partial charge in [0.15, 0.2) is 0 Å². The number of para-hydroxylation sites is 1. The van der Waals surface area contributed by atoms with Gasteiger partial charge in [-0.1, -0.05) is 12.1 Å². The first-order valence-electron chi connectivity index (χ1n) is 6.75. The van der Waals surface area contributed by atoms with Gasteiger partial charge in [0.05, 0.1) is 17.4 Å². The standard InChI is InChI=1S/C14H18N4O2/c1-20-14(5-7-15-8-6-14)13(19)17-11-4-2-3-10-9-16-18-12(10)11/h2-4,9,15H,5-8H2,1H3,(H,16,18)(H,17,19). The zero-order chi connectivity index (χ0) is 14.0. The van der Waals surface area contributed by atoms with E-state index in [0.29, 0.717) is 12.8 Å². The smallest absolute Gasteiger partial charge is 0.256 e. The number of H-pyrrole nitrogens is 1. The first kappa shape index (κ1) is 13.1. The highest BCUT2D eigenvalue weighted by atomic mass is 16.5. The summed E-state index contributed by atoms with van der Waals surface area (Å²) in [5.41, 5.74) is 0.828. The molecule has 3 rings (SSSR count). The molecule has 1 aromatic heterocycles. The Labute approximate surface area is 116 Å². The molecule has 1 aromatic carbocycles. The molecule has 0 unspecified atom stereocenters.